The Morgan fingerprint density at radius 2 is 0.857 bits per heavy atom. The van der Waals surface area contributed by atoms with Gasteiger partial charge in [0.15, 0.2) is 0 Å². The molecule has 0 saturated heterocycles. The van der Waals surface area contributed by atoms with Crippen LogP contribution in [0.4, 0.5) is 0 Å². The first-order valence-corrected chi connectivity index (χ1v) is 9.02. The maximum atomic E-state index is 9.37. The molecule has 2 fully saturated rings. The first-order chi connectivity index (χ1) is 10.1. The lowest BCUT2D eigenvalue weighted by molar-refractivity contribution is -0.136. The van der Waals surface area contributed by atoms with Crippen LogP contribution in [0.1, 0.15) is 105 Å². The van der Waals surface area contributed by atoms with Gasteiger partial charge in [-0.15, -0.1) is 0 Å². The van der Waals surface area contributed by atoms with Crippen LogP contribution in [0.3, 0.4) is 0 Å². The van der Waals surface area contributed by atoms with E-state index in [0.717, 1.165) is 6.54 Å². The van der Waals surface area contributed by atoms with Crippen molar-refractivity contribution in [3.8, 4) is 0 Å². The third-order valence-electron chi connectivity index (χ3n) is 2.80. The molecule has 3 nitrogen and oxygen atoms in total. The Labute approximate surface area is 133 Å². The van der Waals surface area contributed by atoms with Crippen LogP contribution < -0.4 is 5.73 Å². The summed E-state index contributed by atoms with van der Waals surface area (Å²) < 4.78 is 0. The Kier molecular flexibility index (Phi) is 33.5. The minimum atomic E-state index is -0.745. The lowest BCUT2D eigenvalue weighted by Gasteiger charge is -1.71. The fraction of sp³-hybridized carbons (Fsp3) is 0.944. The molecule has 0 radical (unpaired) electrons. The van der Waals surface area contributed by atoms with Crippen molar-refractivity contribution in [1.82, 2.24) is 0 Å². The van der Waals surface area contributed by atoms with Crippen molar-refractivity contribution in [2.45, 2.75) is 105 Å². The molecule has 130 valence electrons. The lowest BCUT2D eigenvalue weighted by Crippen LogP contribution is -1.87. The summed E-state index contributed by atoms with van der Waals surface area (Å²) in [5.41, 5.74) is 4.85. The summed E-state index contributed by atoms with van der Waals surface area (Å²) >= 11 is 0. The van der Waals surface area contributed by atoms with Gasteiger partial charge in [0.25, 0.3) is 0 Å². The molecule has 0 atom stereocenters. The summed E-state index contributed by atoms with van der Waals surface area (Å²) in [4.78, 5) is 9.37. The fourth-order valence-corrected chi connectivity index (χ4v) is 1.77. The first kappa shape index (κ1) is 25.4. The predicted molar refractivity (Wildman–Crippen MR) is 94.8 cm³/mol. The van der Waals surface area contributed by atoms with Gasteiger partial charge in [-0.25, -0.2) is 0 Å². The first-order valence-electron chi connectivity index (χ1n) is 9.02. The normalized spacial score (nSPS) is 14.9. The summed E-state index contributed by atoms with van der Waals surface area (Å²) in [6.07, 6.45) is 16.5. The monoisotopic (exact) mass is 303 g/mol. The number of aliphatic carboxylic acids is 1. The molecular formula is C18H41NO2. The van der Waals surface area contributed by atoms with Crippen LogP contribution in [-0.4, -0.2) is 17.6 Å². The van der Waals surface area contributed by atoms with Crippen LogP contribution in [-0.2, 0) is 4.79 Å². The van der Waals surface area contributed by atoms with Gasteiger partial charge in [-0.1, -0.05) is 98.3 Å². The van der Waals surface area contributed by atoms with Crippen molar-refractivity contribution >= 4 is 5.97 Å². The summed E-state index contributed by atoms with van der Waals surface area (Å²) in [5, 5.41) is 7.72. The quantitative estimate of drug-likeness (QED) is 0.647. The Bertz CT molecular complexity index is 137. The van der Waals surface area contributed by atoms with Crippen molar-refractivity contribution in [3.63, 3.8) is 0 Å². The van der Waals surface area contributed by atoms with Crippen molar-refractivity contribution in [2.24, 2.45) is 5.73 Å². The van der Waals surface area contributed by atoms with E-state index >= 15 is 0 Å². The van der Waals surface area contributed by atoms with Crippen LogP contribution >= 0.6 is 0 Å². The zero-order valence-electron chi connectivity index (χ0n) is 15.1. The van der Waals surface area contributed by atoms with Crippen molar-refractivity contribution in [2.75, 3.05) is 6.54 Å². The number of carboxylic acid groups (broad SMARTS) is 1. The molecule has 3 N–H and O–H groups in total. The number of carbonyl (C=O) groups is 1. The molecule has 2 rings (SSSR count). The summed E-state index contributed by atoms with van der Waals surface area (Å²) in [6, 6.07) is 0. The van der Waals surface area contributed by atoms with E-state index in [0.29, 0.717) is 0 Å². The molecule has 0 amide bonds. The maximum absolute atomic E-state index is 9.37. The minimum Gasteiger partial charge on any atom is -0.481 e. The van der Waals surface area contributed by atoms with E-state index in [1.807, 2.05) is 6.92 Å². The smallest absolute Gasteiger partial charge is 0.303 e. The summed E-state index contributed by atoms with van der Waals surface area (Å²) in [7, 11) is 0. The molecule has 2 saturated carbocycles. The standard InChI is InChI=1S/2C5H10.C3H6O2.C3H8.C2H7N/c2*1-2-4-5-3-1;1-2-3(4)5;1-3-2;1-2-3/h2*1-5H2;2H2,1H3,(H,4,5);3H2,1-2H3;2-3H2,1H3. The molecule has 0 aromatic heterocycles. The number of nitrogens with two attached hydrogens (primary N) is 1. The zero-order chi connectivity index (χ0) is 16.8. The van der Waals surface area contributed by atoms with Crippen LogP contribution in [0.2, 0.25) is 0 Å². The number of carboxylic acids is 1. The number of hydrogen-bond acceptors (Lipinski definition) is 2. The third kappa shape index (κ3) is 45.2. The highest BCUT2D eigenvalue weighted by molar-refractivity contribution is 5.66. The molecule has 2 aliphatic carbocycles. The van der Waals surface area contributed by atoms with Gasteiger partial charge in [0.1, 0.15) is 0 Å². The fourth-order valence-electron chi connectivity index (χ4n) is 1.77. The van der Waals surface area contributed by atoms with E-state index in [2.05, 4.69) is 13.8 Å². The van der Waals surface area contributed by atoms with Gasteiger partial charge in [0, 0.05) is 6.42 Å². The van der Waals surface area contributed by atoms with Gasteiger partial charge in [-0.3, -0.25) is 4.79 Å². The van der Waals surface area contributed by atoms with Gasteiger partial charge in [-0.05, 0) is 6.54 Å². The van der Waals surface area contributed by atoms with Crippen molar-refractivity contribution in [1.29, 1.82) is 0 Å². The Morgan fingerprint density at radius 1 is 0.762 bits per heavy atom. The van der Waals surface area contributed by atoms with E-state index in [1.165, 1.54) is 70.6 Å². The van der Waals surface area contributed by atoms with Crippen molar-refractivity contribution in [3.05, 3.63) is 0 Å². The van der Waals surface area contributed by atoms with Gasteiger partial charge in [0.2, 0.25) is 0 Å². The van der Waals surface area contributed by atoms with E-state index in [-0.39, 0.29) is 6.42 Å². The Hall–Kier alpha value is -0.570. The molecular weight excluding hydrogens is 262 g/mol. The van der Waals surface area contributed by atoms with Crippen LogP contribution in [0.15, 0.2) is 0 Å². The van der Waals surface area contributed by atoms with Gasteiger partial charge in [0.05, 0.1) is 0 Å². The van der Waals surface area contributed by atoms with E-state index in [1.54, 1.807) is 6.92 Å². The van der Waals surface area contributed by atoms with Crippen LogP contribution in [0.5, 0.6) is 0 Å². The lowest BCUT2D eigenvalue weighted by atomic mass is 10.4. The van der Waals surface area contributed by atoms with E-state index in [9.17, 15) is 4.79 Å². The Morgan fingerprint density at radius 3 is 0.905 bits per heavy atom. The second-order valence-electron chi connectivity index (χ2n) is 5.40. The molecule has 0 bridgehead atoms. The molecule has 0 aliphatic heterocycles. The average Bonchev–Trinajstić information content (AvgIpc) is 3.19. The van der Waals surface area contributed by atoms with Gasteiger partial charge < -0.3 is 10.8 Å². The molecule has 0 unspecified atom stereocenters. The highest BCUT2D eigenvalue weighted by atomic mass is 16.4. The second kappa shape index (κ2) is 27.7. The minimum absolute atomic E-state index is 0.222. The molecule has 2 aliphatic rings. The van der Waals surface area contributed by atoms with E-state index in [4.69, 9.17) is 10.8 Å². The highest BCUT2D eigenvalue weighted by Crippen LogP contribution is 2.15. The number of hydrogen-bond donors (Lipinski definition) is 2. The molecule has 0 spiro atoms. The summed E-state index contributed by atoms with van der Waals surface area (Å²) in [5.74, 6) is -0.745. The average molecular weight is 304 g/mol. The molecule has 3 heteroatoms. The molecule has 0 aromatic rings. The molecule has 0 heterocycles. The maximum Gasteiger partial charge on any atom is 0.303 e. The molecule has 21 heavy (non-hydrogen) atoms. The largest absolute Gasteiger partial charge is 0.481 e. The van der Waals surface area contributed by atoms with Crippen LogP contribution in [0.25, 0.3) is 0 Å². The highest BCUT2D eigenvalue weighted by Gasteiger charge is 1.95. The van der Waals surface area contributed by atoms with Gasteiger partial charge in [-0.2, -0.15) is 0 Å². The topological polar surface area (TPSA) is 63.3 Å². The zero-order valence-corrected chi connectivity index (χ0v) is 15.1. The Balaban J connectivity index is -0.000000197. The molecule has 0 aromatic carbocycles. The predicted octanol–water partition coefficient (Wildman–Crippen LogP) is 5.76. The van der Waals surface area contributed by atoms with Gasteiger partial charge >= 0.3 is 5.97 Å². The SMILES string of the molecule is C1CCCC1.C1CCCC1.CCC.CCC(=O)O.CCN. The second-order valence-corrected chi connectivity index (χ2v) is 5.40. The summed E-state index contributed by atoms with van der Waals surface area (Å²) in [6.45, 7) is 8.50. The van der Waals surface area contributed by atoms with Crippen LogP contribution in [0, 0.1) is 0 Å². The van der Waals surface area contributed by atoms with Crippen molar-refractivity contribution < 1.29 is 9.90 Å². The third-order valence-corrected chi connectivity index (χ3v) is 2.80. The number of rotatable bonds is 1. The van der Waals surface area contributed by atoms with E-state index < -0.39 is 5.97 Å².